The second kappa shape index (κ2) is 14.2. The lowest BCUT2D eigenvalue weighted by Crippen LogP contribution is -2.33. The van der Waals surface area contributed by atoms with Gasteiger partial charge in [-0.2, -0.15) is 14.6 Å². The minimum Gasteiger partial charge on any atom is -0.439 e. The van der Waals surface area contributed by atoms with Crippen LogP contribution in [-0.2, 0) is 19.3 Å². The Morgan fingerprint density at radius 3 is 2.09 bits per heavy atom. The normalized spacial score (nSPS) is 12.6. The first-order valence-corrected chi connectivity index (χ1v) is 25.1. The summed E-state index contributed by atoms with van der Waals surface area (Å²) in [6.45, 7) is 15.9. The number of hydrogen-bond acceptors (Lipinski definition) is 9. The molecule has 13 heteroatoms. The number of sulfone groups is 1. The van der Waals surface area contributed by atoms with Crippen molar-refractivity contribution >= 4 is 48.4 Å². The molecule has 0 N–H and O–H groups in total. The van der Waals surface area contributed by atoms with E-state index in [1.807, 2.05) is 41.4 Å². The van der Waals surface area contributed by atoms with E-state index in [2.05, 4.69) is 50.3 Å². The lowest BCUT2D eigenvalue weighted by Gasteiger charge is -2.26. The summed E-state index contributed by atoms with van der Waals surface area (Å²) in [5.74, 6) is 1.47. The van der Waals surface area contributed by atoms with Gasteiger partial charge < -0.3 is 19.1 Å². The predicted octanol–water partition coefficient (Wildman–Crippen LogP) is 7.57. The van der Waals surface area contributed by atoms with Crippen LogP contribution in [0.1, 0.15) is 0 Å². The van der Waals surface area contributed by atoms with Crippen LogP contribution in [-0.4, -0.2) is 77.1 Å². The van der Waals surface area contributed by atoms with Crippen LogP contribution in [0.5, 0.6) is 11.6 Å². The molecule has 2 aromatic carbocycles. The molecule has 5 rings (SSSR count). The molecular weight excluding hydrogens is 647 g/mol. The summed E-state index contributed by atoms with van der Waals surface area (Å²) in [5.41, 5.74) is 3.15. The molecule has 0 atom stereocenters. The Kier molecular flexibility index (Phi) is 10.5. The van der Waals surface area contributed by atoms with Crippen LogP contribution in [0.25, 0.3) is 27.7 Å². The first kappa shape index (κ1) is 34.7. The maximum absolute atomic E-state index is 12.0. The zero-order valence-corrected chi connectivity index (χ0v) is 31.2. The van der Waals surface area contributed by atoms with E-state index in [4.69, 9.17) is 24.3 Å². The molecule has 250 valence electrons. The van der Waals surface area contributed by atoms with E-state index in [0.29, 0.717) is 49.8 Å². The highest BCUT2D eigenvalue weighted by atomic mass is 32.2. The Labute approximate surface area is 279 Å². The van der Waals surface area contributed by atoms with Crippen LogP contribution in [0, 0.1) is 0 Å². The minimum absolute atomic E-state index is 0.216. The third-order valence-corrected chi connectivity index (χ3v) is 12.2. The second-order valence-electron chi connectivity index (χ2n) is 14.2. The Morgan fingerprint density at radius 1 is 0.830 bits per heavy atom. The molecule has 10 nitrogen and oxygen atoms in total. The fourth-order valence-electron chi connectivity index (χ4n) is 4.78. The molecule has 0 spiro atoms. The monoisotopic (exact) mass is 691 g/mol. The van der Waals surface area contributed by atoms with Gasteiger partial charge in [0.25, 0.3) is 0 Å². The summed E-state index contributed by atoms with van der Waals surface area (Å²) < 4.78 is 44.6. The number of fused-ring (bicyclic) bond motifs is 2. The van der Waals surface area contributed by atoms with Crippen LogP contribution >= 0.6 is 0 Å². The van der Waals surface area contributed by atoms with E-state index in [9.17, 15) is 8.42 Å². The molecule has 0 fully saturated rings. The van der Waals surface area contributed by atoms with Crippen molar-refractivity contribution in [1.29, 1.82) is 0 Å². The fraction of sp³-hybridized carbons (Fsp3) is 0.382. The van der Waals surface area contributed by atoms with Crippen molar-refractivity contribution in [2.24, 2.45) is 0 Å². The zero-order chi connectivity index (χ0) is 33.8. The molecule has 3 heterocycles. The van der Waals surface area contributed by atoms with E-state index in [1.165, 1.54) is 18.4 Å². The number of ether oxygens (including phenoxy) is 3. The number of hydrogen-bond donors (Lipinski definition) is 0. The molecule has 5 aromatic rings. The first-order chi connectivity index (χ1) is 22.2. The van der Waals surface area contributed by atoms with E-state index in [0.717, 1.165) is 34.1 Å². The minimum atomic E-state index is -3.34. The molecule has 0 amide bonds. The standard InChI is InChI=1S/C34H45N5O5SSi2/c1-45(40,41)29-14-12-28(13-15-29)44-32-21-33(38(24-42-16-18-46(2,3)4)25-43-17-19-47(5,6)7)39-34(37-32)30(23-36-39)27-20-26-10-8-9-11-31(26)35-22-27/h8-15,20-23H,16-19,24-25H2,1-7H3. The van der Waals surface area contributed by atoms with Gasteiger partial charge in [0.1, 0.15) is 25.0 Å². The third kappa shape index (κ3) is 9.48. The summed E-state index contributed by atoms with van der Waals surface area (Å²) in [5, 5.41) is 5.79. The highest BCUT2D eigenvalue weighted by molar-refractivity contribution is 7.90. The van der Waals surface area contributed by atoms with Crippen molar-refractivity contribution < 1.29 is 22.6 Å². The Balaban J connectivity index is 1.56. The lowest BCUT2D eigenvalue weighted by molar-refractivity contribution is 0.0942. The van der Waals surface area contributed by atoms with Gasteiger partial charge >= 0.3 is 0 Å². The Bertz CT molecular complexity index is 1920. The van der Waals surface area contributed by atoms with Gasteiger partial charge in [0, 0.05) is 64.4 Å². The zero-order valence-electron chi connectivity index (χ0n) is 28.4. The molecule has 3 aromatic heterocycles. The number of pyridine rings is 1. The highest BCUT2D eigenvalue weighted by Gasteiger charge is 2.21. The molecule has 0 saturated heterocycles. The highest BCUT2D eigenvalue weighted by Crippen LogP contribution is 2.32. The van der Waals surface area contributed by atoms with Crippen LogP contribution in [0.2, 0.25) is 51.4 Å². The second-order valence-corrected chi connectivity index (χ2v) is 27.5. The molecule has 47 heavy (non-hydrogen) atoms. The Morgan fingerprint density at radius 2 is 1.47 bits per heavy atom. The lowest BCUT2D eigenvalue weighted by atomic mass is 10.1. The summed E-state index contributed by atoms with van der Waals surface area (Å²) >= 11 is 0. The van der Waals surface area contributed by atoms with Crippen molar-refractivity contribution in [3.63, 3.8) is 0 Å². The summed E-state index contributed by atoms with van der Waals surface area (Å²) in [4.78, 5) is 11.8. The van der Waals surface area contributed by atoms with Gasteiger partial charge in [0.05, 0.1) is 16.6 Å². The molecule has 0 bridgehead atoms. The number of nitrogens with zero attached hydrogens (tertiary/aromatic N) is 5. The molecule has 0 aliphatic heterocycles. The average molecular weight is 692 g/mol. The van der Waals surface area contributed by atoms with Crippen molar-refractivity contribution in [3.05, 3.63) is 73.1 Å². The van der Waals surface area contributed by atoms with Crippen LogP contribution in [0.4, 0.5) is 5.82 Å². The largest absolute Gasteiger partial charge is 0.439 e. The van der Waals surface area contributed by atoms with Gasteiger partial charge in [0.2, 0.25) is 5.88 Å². The Hall–Kier alpha value is -3.63. The SMILES string of the molecule is C[Si](C)(C)CCOCN(COCC[Si](C)(C)C)c1cc(Oc2ccc(S(C)(=O)=O)cc2)nc2c(-c3cnc4ccccc4c3)cnn12. The fourth-order valence-corrected chi connectivity index (χ4v) is 6.92. The van der Waals surface area contributed by atoms with Gasteiger partial charge in [-0.1, -0.05) is 57.5 Å². The topological polar surface area (TPSA) is 108 Å². The van der Waals surface area contributed by atoms with E-state index in [-0.39, 0.29) is 4.90 Å². The van der Waals surface area contributed by atoms with Crippen molar-refractivity contribution in [3.8, 4) is 22.8 Å². The molecule has 0 aliphatic rings. The summed E-state index contributed by atoms with van der Waals surface area (Å²) in [6, 6.07) is 20.3. The van der Waals surface area contributed by atoms with E-state index >= 15 is 0 Å². The van der Waals surface area contributed by atoms with E-state index in [1.54, 1.807) is 22.8 Å². The van der Waals surface area contributed by atoms with Crippen molar-refractivity contribution in [2.45, 2.75) is 56.3 Å². The third-order valence-electron chi connectivity index (χ3n) is 7.62. The van der Waals surface area contributed by atoms with Gasteiger partial charge in [-0.05, 0) is 48.5 Å². The first-order valence-electron chi connectivity index (χ1n) is 15.8. The van der Waals surface area contributed by atoms with Crippen LogP contribution in [0.3, 0.4) is 0 Å². The summed E-state index contributed by atoms with van der Waals surface area (Å²) in [6.07, 6.45) is 4.80. The summed E-state index contributed by atoms with van der Waals surface area (Å²) in [7, 11) is -5.92. The van der Waals surface area contributed by atoms with Gasteiger partial charge in [-0.25, -0.2) is 8.42 Å². The van der Waals surface area contributed by atoms with Gasteiger partial charge in [-0.15, -0.1) is 0 Å². The van der Waals surface area contributed by atoms with Crippen LogP contribution in [0.15, 0.2) is 78.0 Å². The molecule has 0 aliphatic carbocycles. The maximum Gasteiger partial charge on any atom is 0.224 e. The molecule has 0 saturated carbocycles. The number of para-hydroxylation sites is 1. The predicted molar refractivity (Wildman–Crippen MR) is 194 cm³/mol. The van der Waals surface area contributed by atoms with Crippen molar-refractivity contribution in [1.82, 2.24) is 19.6 Å². The van der Waals surface area contributed by atoms with Crippen molar-refractivity contribution in [2.75, 3.05) is 37.8 Å². The molecule has 0 unspecified atom stereocenters. The number of aromatic nitrogens is 4. The average Bonchev–Trinajstić information content (AvgIpc) is 3.42. The number of benzene rings is 2. The molecule has 0 radical (unpaired) electrons. The van der Waals surface area contributed by atoms with Crippen LogP contribution < -0.4 is 9.64 Å². The van der Waals surface area contributed by atoms with Gasteiger partial charge in [0.15, 0.2) is 15.5 Å². The smallest absolute Gasteiger partial charge is 0.224 e. The number of rotatable bonds is 15. The molecular formula is C34H45N5O5SSi2. The van der Waals surface area contributed by atoms with E-state index < -0.39 is 26.0 Å². The maximum atomic E-state index is 12.0. The number of anilines is 1. The quantitative estimate of drug-likeness (QED) is 0.0624. The van der Waals surface area contributed by atoms with Gasteiger partial charge in [-0.3, -0.25) is 4.98 Å².